The highest BCUT2D eigenvalue weighted by Crippen LogP contribution is 2.46. The minimum absolute atomic E-state index is 0.182. The number of para-hydroxylation sites is 1. The van der Waals surface area contributed by atoms with Crippen molar-refractivity contribution in [3.8, 4) is 6.07 Å². The van der Waals surface area contributed by atoms with Crippen LogP contribution in [0.15, 0.2) is 58.6 Å². The molecule has 0 aromatic heterocycles. The van der Waals surface area contributed by atoms with E-state index in [4.69, 9.17) is 0 Å². The van der Waals surface area contributed by atoms with Crippen LogP contribution in [0.5, 0.6) is 0 Å². The van der Waals surface area contributed by atoms with Gasteiger partial charge >= 0.3 is 0 Å². The van der Waals surface area contributed by atoms with Crippen LogP contribution in [-0.4, -0.2) is 79.6 Å². The van der Waals surface area contributed by atoms with Crippen molar-refractivity contribution in [2.45, 2.75) is 71.3 Å². The highest BCUT2D eigenvalue weighted by Gasteiger charge is 2.42. The SMILES string of the molecule is CCC/C=C1\C(C2CN2)=C2CCN(CCN3CCCCC3)CC2=C(N2CCC(C#N)CC2)N1c1ccccc1C. The fourth-order valence-electron chi connectivity index (χ4n) is 7.25. The number of likely N-dealkylation sites (tertiary alicyclic amines) is 3. The summed E-state index contributed by atoms with van der Waals surface area (Å²) >= 11 is 0. The Labute approximate surface area is 242 Å². The van der Waals surface area contributed by atoms with E-state index in [-0.39, 0.29) is 5.92 Å². The molecule has 6 rings (SSSR count). The summed E-state index contributed by atoms with van der Waals surface area (Å²) in [7, 11) is 0. The third-order valence-corrected chi connectivity index (χ3v) is 9.65. The van der Waals surface area contributed by atoms with Crippen LogP contribution in [0.25, 0.3) is 0 Å². The molecule has 4 saturated heterocycles. The molecule has 0 radical (unpaired) electrons. The molecule has 0 spiro atoms. The van der Waals surface area contributed by atoms with Crippen LogP contribution in [0.1, 0.15) is 63.9 Å². The highest BCUT2D eigenvalue weighted by molar-refractivity contribution is 5.73. The molecule has 5 aliphatic rings. The number of fused-ring (bicyclic) bond motifs is 1. The van der Waals surface area contributed by atoms with Gasteiger partial charge in [0.05, 0.1) is 11.8 Å². The van der Waals surface area contributed by atoms with Crippen LogP contribution in [-0.2, 0) is 0 Å². The second-order valence-corrected chi connectivity index (χ2v) is 12.5. The number of anilines is 1. The molecule has 1 unspecified atom stereocenters. The minimum atomic E-state index is 0.182. The van der Waals surface area contributed by atoms with Gasteiger partial charge in [0.25, 0.3) is 0 Å². The van der Waals surface area contributed by atoms with Crippen LogP contribution in [0.2, 0.25) is 0 Å². The smallest absolute Gasteiger partial charge is 0.118 e. The van der Waals surface area contributed by atoms with Gasteiger partial charge in [0.1, 0.15) is 5.82 Å². The Morgan fingerprint density at radius 2 is 1.73 bits per heavy atom. The van der Waals surface area contributed by atoms with Crippen LogP contribution in [0, 0.1) is 24.2 Å². The summed E-state index contributed by atoms with van der Waals surface area (Å²) < 4.78 is 0. The van der Waals surface area contributed by atoms with E-state index in [1.807, 2.05) is 0 Å². The Morgan fingerprint density at radius 3 is 2.42 bits per heavy atom. The van der Waals surface area contributed by atoms with E-state index < -0.39 is 0 Å². The van der Waals surface area contributed by atoms with Crippen molar-refractivity contribution in [2.75, 3.05) is 63.8 Å². The number of allylic oxidation sites excluding steroid dienone is 1. The number of aryl methyl sites for hydroxylation is 1. The molecule has 4 fully saturated rings. The Balaban J connectivity index is 1.43. The maximum absolute atomic E-state index is 9.66. The maximum atomic E-state index is 9.66. The Morgan fingerprint density at radius 1 is 0.975 bits per heavy atom. The predicted octanol–water partition coefficient (Wildman–Crippen LogP) is 5.41. The van der Waals surface area contributed by atoms with Crippen LogP contribution in [0.3, 0.4) is 0 Å². The molecule has 0 saturated carbocycles. The number of hydrogen-bond acceptors (Lipinski definition) is 6. The van der Waals surface area contributed by atoms with Gasteiger partial charge in [0, 0.05) is 69.0 Å². The van der Waals surface area contributed by atoms with Crippen molar-refractivity contribution in [2.24, 2.45) is 5.92 Å². The van der Waals surface area contributed by atoms with Gasteiger partial charge in [-0.1, -0.05) is 44.0 Å². The van der Waals surface area contributed by atoms with Crippen molar-refractivity contribution in [1.29, 1.82) is 5.26 Å². The van der Waals surface area contributed by atoms with E-state index in [9.17, 15) is 5.26 Å². The summed E-state index contributed by atoms with van der Waals surface area (Å²) in [4.78, 5) is 10.7. The van der Waals surface area contributed by atoms with Crippen molar-refractivity contribution in [3.63, 3.8) is 0 Å². The zero-order valence-electron chi connectivity index (χ0n) is 24.8. The Hall–Kier alpha value is -2.59. The summed E-state index contributed by atoms with van der Waals surface area (Å²) in [5.74, 6) is 1.58. The first kappa shape index (κ1) is 27.6. The van der Waals surface area contributed by atoms with E-state index in [0.717, 1.165) is 71.4 Å². The third kappa shape index (κ3) is 5.75. The van der Waals surface area contributed by atoms with Crippen molar-refractivity contribution in [1.82, 2.24) is 20.0 Å². The zero-order chi connectivity index (χ0) is 27.5. The van der Waals surface area contributed by atoms with Crippen LogP contribution >= 0.6 is 0 Å². The number of hydrogen-bond donors (Lipinski definition) is 1. The first-order valence-electron chi connectivity index (χ1n) is 16.0. The Kier molecular flexibility index (Phi) is 8.62. The predicted molar refractivity (Wildman–Crippen MR) is 164 cm³/mol. The zero-order valence-corrected chi connectivity index (χ0v) is 24.8. The molecule has 1 N–H and O–H groups in total. The average Bonchev–Trinajstić information content (AvgIpc) is 3.84. The number of nitriles is 1. The first-order valence-corrected chi connectivity index (χ1v) is 16.0. The lowest BCUT2D eigenvalue weighted by Gasteiger charge is -2.48. The van der Waals surface area contributed by atoms with E-state index in [1.54, 1.807) is 16.7 Å². The normalized spacial score (nSPS) is 25.9. The van der Waals surface area contributed by atoms with Crippen molar-refractivity contribution < 1.29 is 0 Å². The highest BCUT2D eigenvalue weighted by atomic mass is 15.4. The Bertz CT molecular complexity index is 1190. The lowest BCUT2D eigenvalue weighted by molar-refractivity contribution is 0.181. The van der Waals surface area contributed by atoms with E-state index in [2.05, 4.69) is 75.2 Å². The molecule has 1 aromatic carbocycles. The molecule has 6 nitrogen and oxygen atoms in total. The number of unbranched alkanes of at least 4 members (excludes halogenated alkanes) is 1. The largest absolute Gasteiger partial charge is 0.357 e. The molecule has 1 atom stereocenters. The first-order chi connectivity index (χ1) is 19.7. The third-order valence-electron chi connectivity index (χ3n) is 9.65. The molecule has 214 valence electrons. The quantitative estimate of drug-likeness (QED) is 0.445. The average molecular weight is 541 g/mol. The molecule has 0 amide bonds. The van der Waals surface area contributed by atoms with Gasteiger partial charge in [-0.2, -0.15) is 5.26 Å². The van der Waals surface area contributed by atoms with Crippen LogP contribution < -0.4 is 10.2 Å². The second-order valence-electron chi connectivity index (χ2n) is 12.5. The van der Waals surface area contributed by atoms with Gasteiger partial charge < -0.3 is 15.1 Å². The van der Waals surface area contributed by atoms with E-state index in [0.29, 0.717) is 6.04 Å². The minimum Gasteiger partial charge on any atom is -0.357 e. The lowest BCUT2D eigenvalue weighted by atomic mass is 9.84. The molecule has 5 aliphatic heterocycles. The maximum Gasteiger partial charge on any atom is 0.118 e. The van der Waals surface area contributed by atoms with Gasteiger partial charge in [-0.25, -0.2) is 0 Å². The molecule has 1 aromatic rings. The fourth-order valence-corrected chi connectivity index (χ4v) is 7.25. The number of rotatable bonds is 8. The van der Waals surface area contributed by atoms with E-state index >= 15 is 0 Å². The lowest BCUT2D eigenvalue weighted by Crippen LogP contribution is -2.48. The number of nitrogens with one attached hydrogen (secondary N) is 1. The van der Waals surface area contributed by atoms with Gasteiger partial charge in [0.15, 0.2) is 0 Å². The molecule has 5 heterocycles. The summed E-state index contributed by atoms with van der Waals surface area (Å²) in [6.45, 7) is 14.6. The molecular formula is C34H48N6. The van der Waals surface area contributed by atoms with Gasteiger partial charge in [-0.05, 0) is 81.3 Å². The fraction of sp³-hybridized carbons (Fsp3) is 0.618. The second kappa shape index (κ2) is 12.5. The van der Waals surface area contributed by atoms with Gasteiger partial charge in [-0.3, -0.25) is 9.80 Å². The molecule has 40 heavy (non-hydrogen) atoms. The van der Waals surface area contributed by atoms with Gasteiger partial charge in [-0.15, -0.1) is 0 Å². The number of benzene rings is 1. The van der Waals surface area contributed by atoms with Gasteiger partial charge in [0.2, 0.25) is 0 Å². The summed E-state index contributed by atoms with van der Waals surface area (Å²) in [5.41, 5.74) is 8.73. The number of nitrogens with zero attached hydrogens (tertiary/aromatic N) is 5. The standard InChI is InChI=1S/C34H48N6/c1-3-4-11-32-33(30-24-36-30)28-15-18-38(22-21-37-16-8-5-9-17-37)25-29(28)34(39-19-13-27(23-35)14-20-39)40(32)31-12-7-6-10-26(31)2/h6-7,10-12,27,30,36H,3-5,8-9,13-22,24-25H2,1-2H3/b32-11+. The molecular weight excluding hydrogens is 492 g/mol. The molecule has 6 heteroatoms. The number of piperidine rings is 3. The van der Waals surface area contributed by atoms with Crippen molar-refractivity contribution in [3.05, 3.63) is 64.1 Å². The topological polar surface area (TPSA) is 58.7 Å². The monoisotopic (exact) mass is 540 g/mol. The molecule has 0 bridgehead atoms. The summed E-state index contributed by atoms with van der Waals surface area (Å²) in [5, 5.41) is 13.4. The van der Waals surface area contributed by atoms with Crippen LogP contribution in [0.4, 0.5) is 5.69 Å². The summed E-state index contributed by atoms with van der Waals surface area (Å²) in [6.07, 6.45) is 11.9. The molecule has 0 aliphatic carbocycles. The van der Waals surface area contributed by atoms with E-state index in [1.165, 1.54) is 61.7 Å². The summed E-state index contributed by atoms with van der Waals surface area (Å²) in [6, 6.07) is 12.0. The van der Waals surface area contributed by atoms with Crippen molar-refractivity contribution >= 4 is 5.69 Å².